The molecule has 1 saturated heterocycles. The molecule has 17 heavy (non-hydrogen) atoms. The summed E-state index contributed by atoms with van der Waals surface area (Å²) in [4.78, 5) is 0. The predicted octanol–water partition coefficient (Wildman–Crippen LogP) is 3.89. The summed E-state index contributed by atoms with van der Waals surface area (Å²) in [6.45, 7) is 0.124. The molecule has 1 saturated carbocycles. The summed E-state index contributed by atoms with van der Waals surface area (Å²) in [6, 6.07) is 0.328. The molecule has 1 nitrogen and oxygen atoms in total. The summed E-state index contributed by atoms with van der Waals surface area (Å²) in [5.41, 5.74) is 0. The van der Waals surface area contributed by atoms with Crippen molar-refractivity contribution in [3.63, 3.8) is 0 Å². The van der Waals surface area contributed by atoms with Crippen molar-refractivity contribution in [2.75, 3.05) is 6.54 Å². The van der Waals surface area contributed by atoms with Gasteiger partial charge in [0, 0.05) is 12.6 Å². The van der Waals surface area contributed by atoms with Gasteiger partial charge in [0.25, 0.3) is 0 Å². The van der Waals surface area contributed by atoms with Crippen LogP contribution in [0.5, 0.6) is 0 Å². The fraction of sp³-hybridized carbons (Fsp3) is 1.00. The smallest absolute Gasteiger partial charge is 0.313 e. The molecule has 2 atom stereocenters. The third-order valence-electron chi connectivity index (χ3n) is 4.38. The van der Waals surface area contributed by atoms with Gasteiger partial charge >= 0.3 is 6.18 Å². The summed E-state index contributed by atoms with van der Waals surface area (Å²) < 4.78 is 37.4. The minimum absolute atomic E-state index is 0.124. The highest BCUT2D eigenvalue weighted by molar-refractivity contribution is 4.82. The van der Waals surface area contributed by atoms with Gasteiger partial charge in [0.1, 0.15) is 0 Å². The summed E-state index contributed by atoms with van der Waals surface area (Å²) >= 11 is 0. The molecule has 0 radical (unpaired) electrons. The zero-order valence-electron chi connectivity index (χ0n) is 10.2. The van der Waals surface area contributed by atoms with Crippen LogP contribution in [0.2, 0.25) is 0 Å². The lowest BCUT2D eigenvalue weighted by atomic mass is 9.90. The van der Waals surface area contributed by atoms with E-state index in [9.17, 15) is 13.2 Å². The van der Waals surface area contributed by atoms with Crippen LogP contribution < -0.4 is 5.32 Å². The number of alkyl halides is 3. The van der Waals surface area contributed by atoms with Crippen LogP contribution >= 0.6 is 0 Å². The van der Waals surface area contributed by atoms with E-state index in [0.717, 1.165) is 12.3 Å². The van der Waals surface area contributed by atoms with Crippen molar-refractivity contribution in [3.8, 4) is 0 Å². The maximum Gasteiger partial charge on any atom is 0.393 e. The van der Waals surface area contributed by atoms with Crippen molar-refractivity contribution >= 4 is 0 Å². The molecular formula is C13H22F3N. The molecule has 100 valence electrons. The topological polar surface area (TPSA) is 12.0 Å². The lowest BCUT2D eigenvalue weighted by molar-refractivity contribution is -0.179. The molecule has 0 aromatic rings. The summed E-state index contributed by atoms with van der Waals surface area (Å²) in [7, 11) is 0. The van der Waals surface area contributed by atoms with Gasteiger partial charge in [-0.2, -0.15) is 13.2 Å². The van der Waals surface area contributed by atoms with Crippen LogP contribution in [0.25, 0.3) is 0 Å². The Bertz CT molecular complexity index is 225. The van der Waals surface area contributed by atoms with E-state index in [1.807, 2.05) is 0 Å². The second-order valence-electron chi connectivity index (χ2n) is 5.65. The first kappa shape index (κ1) is 13.2. The van der Waals surface area contributed by atoms with Crippen LogP contribution in [0, 0.1) is 11.8 Å². The van der Waals surface area contributed by atoms with Gasteiger partial charge in [-0.05, 0) is 31.6 Å². The highest BCUT2D eigenvalue weighted by Crippen LogP contribution is 2.34. The standard InChI is InChI=1S/C13H22F3N/c14-13(15,16)11-6-8-12(17-9-11)7-5-10-3-1-2-4-10/h10-12,17H,1-9H2. The molecular weight excluding hydrogens is 227 g/mol. The van der Waals surface area contributed by atoms with Gasteiger partial charge in [-0.3, -0.25) is 0 Å². The van der Waals surface area contributed by atoms with Crippen molar-refractivity contribution in [2.45, 2.75) is 63.6 Å². The van der Waals surface area contributed by atoms with Crippen molar-refractivity contribution in [3.05, 3.63) is 0 Å². The average molecular weight is 249 g/mol. The Morgan fingerprint density at radius 2 is 1.65 bits per heavy atom. The van der Waals surface area contributed by atoms with Crippen LogP contribution in [-0.4, -0.2) is 18.8 Å². The maximum atomic E-state index is 12.5. The molecule has 0 aromatic heterocycles. The van der Waals surface area contributed by atoms with E-state index in [-0.39, 0.29) is 6.54 Å². The molecule has 0 aromatic carbocycles. The lowest BCUT2D eigenvalue weighted by Gasteiger charge is -2.31. The molecule has 1 aliphatic carbocycles. The van der Waals surface area contributed by atoms with Crippen LogP contribution in [0.15, 0.2) is 0 Å². The van der Waals surface area contributed by atoms with E-state index < -0.39 is 12.1 Å². The number of nitrogens with one attached hydrogen (secondary N) is 1. The van der Waals surface area contributed by atoms with Gasteiger partial charge in [0.2, 0.25) is 0 Å². The quantitative estimate of drug-likeness (QED) is 0.800. The Balaban J connectivity index is 1.65. The minimum atomic E-state index is -4.01. The zero-order valence-corrected chi connectivity index (χ0v) is 10.2. The van der Waals surface area contributed by atoms with E-state index in [4.69, 9.17) is 0 Å². The molecule has 1 N–H and O–H groups in total. The van der Waals surface area contributed by atoms with E-state index in [1.54, 1.807) is 0 Å². The fourth-order valence-corrected chi connectivity index (χ4v) is 3.18. The third kappa shape index (κ3) is 3.87. The third-order valence-corrected chi connectivity index (χ3v) is 4.38. The van der Waals surface area contributed by atoms with E-state index in [2.05, 4.69) is 5.32 Å². The average Bonchev–Trinajstić information content (AvgIpc) is 2.78. The fourth-order valence-electron chi connectivity index (χ4n) is 3.18. The van der Waals surface area contributed by atoms with E-state index >= 15 is 0 Å². The summed E-state index contributed by atoms with van der Waals surface area (Å²) in [6.07, 6.45) is 4.61. The number of rotatable bonds is 3. The van der Waals surface area contributed by atoms with Gasteiger partial charge in [0.05, 0.1) is 5.92 Å². The normalized spacial score (nSPS) is 31.9. The van der Waals surface area contributed by atoms with Crippen molar-refractivity contribution in [2.24, 2.45) is 11.8 Å². The predicted molar refractivity (Wildman–Crippen MR) is 61.8 cm³/mol. The SMILES string of the molecule is FC(F)(F)C1CCC(CCC2CCCC2)NC1. The van der Waals surface area contributed by atoms with E-state index in [1.165, 1.54) is 32.1 Å². The molecule has 1 aliphatic heterocycles. The molecule has 2 unspecified atom stereocenters. The molecule has 4 heteroatoms. The van der Waals surface area contributed by atoms with Gasteiger partial charge in [0.15, 0.2) is 0 Å². The van der Waals surface area contributed by atoms with Gasteiger partial charge in [-0.15, -0.1) is 0 Å². The number of hydrogen-bond acceptors (Lipinski definition) is 1. The first-order valence-electron chi connectivity index (χ1n) is 6.86. The highest BCUT2D eigenvalue weighted by atomic mass is 19.4. The Labute approximate surface area is 101 Å². The first-order chi connectivity index (χ1) is 8.05. The largest absolute Gasteiger partial charge is 0.393 e. The van der Waals surface area contributed by atoms with Gasteiger partial charge < -0.3 is 5.32 Å². The molecule has 0 spiro atoms. The Kier molecular flexibility index (Phi) is 4.34. The minimum Gasteiger partial charge on any atom is -0.313 e. The Morgan fingerprint density at radius 3 is 2.18 bits per heavy atom. The number of hydrogen-bond donors (Lipinski definition) is 1. The van der Waals surface area contributed by atoms with Crippen LogP contribution in [-0.2, 0) is 0 Å². The van der Waals surface area contributed by atoms with Crippen molar-refractivity contribution in [1.29, 1.82) is 0 Å². The van der Waals surface area contributed by atoms with E-state index in [0.29, 0.717) is 18.9 Å². The van der Waals surface area contributed by atoms with Gasteiger partial charge in [-0.1, -0.05) is 25.7 Å². The van der Waals surface area contributed by atoms with Crippen LogP contribution in [0.4, 0.5) is 13.2 Å². The second kappa shape index (κ2) is 5.59. The van der Waals surface area contributed by atoms with Crippen molar-refractivity contribution < 1.29 is 13.2 Å². The monoisotopic (exact) mass is 249 g/mol. The van der Waals surface area contributed by atoms with Crippen LogP contribution in [0.1, 0.15) is 51.4 Å². The second-order valence-corrected chi connectivity index (χ2v) is 5.65. The molecule has 1 heterocycles. The summed E-state index contributed by atoms with van der Waals surface area (Å²) in [5, 5.41) is 3.08. The Morgan fingerprint density at radius 1 is 0.941 bits per heavy atom. The highest BCUT2D eigenvalue weighted by Gasteiger charge is 2.41. The van der Waals surface area contributed by atoms with Crippen LogP contribution in [0.3, 0.4) is 0 Å². The van der Waals surface area contributed by atoms with Crippen molar-refractivity contribution in [1.82, 2.24) is 5.32 Å². The van der Waals surface area contributed by atoms with Gasteiger partial charge in [-0.25, -0.2) is 0 Å². The molecule has 0 bridgehead atoms. The molecule has 0 amide bonds. The first-order valence-corrected chi connectivity index (χ1v) is 6.86. The maximum absolute atomic E-state index is 12.5. The zero-order chi connectivity index (χ0) is 12.3. The molecule has 2 fully saturated rings. The molecule has 2 aliphatic rings. The lowest BCUT2D eigenvalue weighted by Crippen LogP contribution is -2.44. The number of halogens is 3. The summed E-state index contributed by atoms with van der Waals surface area (Å²) in [5.74, 6) is -0.276. The number of piperidine rings is 1. The molecule has 2 rings (SSSR count). The Hall–Kier alpha value is -0.250.